The lowest BCUT2D eigenvalue weighted by Crippen LogP contribution is -2.31. The minimum absolute atomic E-state index is 0.262. The number of aromatic nitrogens is 2. The quantitative estimate of drug-likeness (QED) is 0.296. The summed E-state index contributed by atoms with van der Waals surface area (Å²) in [6.45, 7) is 0. The predicted octanol–water partition coefficient (Wildman–Crippen LogP) is 4.97. The van der Waals surface area contributed by atoms with Crippen LogP contribution in [0.5, 0.6) is 17.2 Å². The Hall–Kier alpha value is -3.74. The van der Waals surface area contributed by atoms with Crippen molar-refractivity contribution < 1.29 is 19.4 Å². The van der Waals surface area contributed by atoms with Gasteiger partial charge in [0.1, 0.15) is 11.4 Å². The van der Waals surface area contributed by atoms with Crippen molar-refractivity contribution in [3.05, 3.63) is 76.6 Å². The van der Waals surface area contributed by atoms with Crippen molar-refractivity contribution in [2.45, 2.75) is 31.1 Å². The van der Waals surface area contributed by atoms with Gasteiger partial charge in [0, 0.05) is 34.6 Å². The molecule has 34 heavy (non-hydrogen) atoms. The van der Waals surface area contributed by atoms with Gasteiger partial charge in [-0.2, -0.15) is 5.10 Å². The minimum atomic E-state index is -0.532. The van der Waals surface area contributed by atoms with Crippen molar-refractivity contribution in [3.63, 3.8) is 0 Å². The van der Waals surface area contributed by atoms with Crippen LogP contribution >= 0.6 is 0 Å². The smallest absolute Gasteiger partial charge is 0.203 e. The summed E-state index contributed by atoms with van der Waals surface area (Å²) in [4.78, 5) is 0. The van der Waals surface area contributed by atoms with Crippen LogP contribution in [0.2, 0.25) is 0 Å². The molecule has 1 aromatic heterocycles. The molecule has 0 aliphatic heterocycles. The maximum Gasteiger partial charge on any atom is 0.203 e. The van der Waals surface area contributed by atoms with Gasteiger partial charge in [0.25, 0.3) is 0 Å². The van der Waals surface area contributed by atoms with Crippen molar-refractivity contribution in [2.75, 3.05) is 21.3 Å². The van der Waals surface area contributed by atoms with Crippen LogP contribution < -0.4 is 14.2 Å². The van der Waals surface area contributed by atoms with Crippen LogP contribution in [-0.4, -0.2) is 42.4 Å². The number of nitrogens with one attached hydrogen (secondary N) is 1. The molecule has 0 radical (unpaired) electrons. The average molecular weight is 460 g/mol. The number of ether oxygens (including phenoxy) is 3. The fourth-order valence-corrected chi connectivity index (χ4v) is 5.19. The number of nitrogens with zero attached hydrogens (tertiary/aromatic N) is 2. The first kappa shape index (κ1) is 22.1. The van der Waals surface area contributed by atoms with Crippen molar-refractivity contribution in [2.24, 2.45) is 11.1 Å². The molecule has 1 unspecified atom stereocenters. The van der Waals surface area contributed by atoms with Crippen molar-refractivity contribution >= 4 is 11.8 Å². The van der Waals surface area contributed by atoms with Gasteiger partial charge >= 0.3 is 0 Å². The van der Waals surface area contributed by atoms with Gasteiger partial charge in [-0.1, -0.05) is 60.1 Å². The van der Waals surface area contributed by atoms with Crippen molar-refractivity contribution in [1.82, 2.24) is 10.2 Å². The number of H-pyrrole nitrogens is 1. The first-order chi connectivity index (χ1) is 16.7. The molecule has 1 fully saturated rings. The van der Waals surface area contributed by atoms with Crippen molar-refractivity contribution in [1.29, 1.82) is 0 Å². The molecule has 2 N–H and O–H groups in total. The monoisotopic (exact) mass is 459 g/mol. The molecular weight excluding hydrogens is 430 g/mol. The lowest BCUT2D eigenvalue weighted by molar-refractivity contribution is 0.305. The molecule has 5 rings (SSSR count). The molecule has 7 heteroatoms. The zero-order chi connectivity index (χ0) is 23.7. The summed E-state index contributed by atoms with van der Waals surface area (Å²) in [6.07, 6.45) is 8.13. The van der Waals surface area contributed by atoms with Crippen LogP contribution in [-0.2, 0) is 11.8 Å². The van der Waals surface area contributed by atoms with Crippen LogP contribution in [0.4, 0.5) is 0 Å². The lowest BCUT2D eigenvalue weighted by Gasteiger charge is -2.36. The lowest BCUT2D eigenvalue weighted by atomic mass is 9.67. The highest BCUT2D eigenvalue weighted by Crippen LogP contribution is 2.50. The highest BCUT2D eigenvalue weighted by atomic mass is 16.5. The molecule has 0 spiro atoms. The van der Waals surface area contributed by atoms with Gasteiger partial charge in [0.2, 0.25) is 5.75 Å². The van der Waals surface area contributed by atoms with Gasteiger partial charge in [-0.3, -0.25) is 5.10 Å². The predicted molar refractivity (Wildman–Crippen MR) is 130 cm³/mol. The number of methoxy groups -OCH3 is 3. The van der Waals surface area contributed by atoms with Crippen molar-refractivity contribution in [3.8, 4) is 17.2 Å². The Balaban J connectivity index is 1.68. The molecule has 1 atom stereocenters. The molecule has 1 saturated carbocycles. The maximum atomic E-state index is 9.74. The minimum Gasteiger partial charge on any atom is -0.493 e. The SMILES string of the molecule is COc1ccc(C2(c3ccccc3)C=Cc3c(/C(=N/O)C4CCC4)n[nH]c3C2)c(OC)c1OC. The van der Waals surface area contributed by atoms with E-state index in [4.69, 9.17) is 14.2 Å². The fraction of sp³-hybridized carbons (Fsp3) is 0.333. The highest BCUT2D eigenvalue weighted by Gasteiger charge is 2.41. The fourth-order valence-electron chi connectivity index (χ4n) is 5.19. The van der Waals surface area contributed by atoms with E-state index in [9.17, 15) is 5.21 Å². The largest absolute Gasteiger partial charge is 0.493 e. The van der Waals surface area contributed by atoms with E-state index in [0.717, 1.165) is 47.3 Å². The zero-order valence-corrected chi connectivity index (χ0v) is 19.7. The van der Waals surface area contributed by atoms with Crippen LogP contribution in [0.25, 0.3) is 6.08 Å². The summed E-state index contributed by atoms with van der Waals surface area (Å²) in [7, 11) is 4.88. The third kappa shape index (κ3) is 3.34. The first-order valence-electron chi connectivity index (χ1n) is 11.5. The summed E-state index contributed by atoms with van der Waals surface area (Å²) >= 11 is 0. The molecule has 2 aliphatic carbocycles. The van der Waals surface area contributed by atoms with Crippen LogP contribution in [0.3, 0.4) is 0 Å². The molecular formula is C27H29N3O4. The average Bonchev–Trinajstić information content (AvgIpc) is 3.27. The van der Waals surface area contributed by atoms with E-state index in [1.807, 2.05) is 30.3 Å². The molecule has 2 aliphatic rings. The van der Waals surface area contributed by atoms with E-state index in [2.05, 4.69) is 39.6 Å². The molecule has 0 amide bonds. The summed E-state index contributed by atoms with van der Waals surface area (Å²) in [6, 6.07) is 14.3. The van der Waals surface area contributed by atoms with Gasteiger partial charge in [0.05, 0.1) is 21.3 Å². The third-order valence-electron chi connectivity index (χ3n) is 7.19. The number of fused-ring (bicyclic) bond motifs is 1. The number of rotatable bonds is 7. The van der Waals surface area contributed by atoms with Gasteiger partial charge in [-0.25, -0.2) is 0 Å². The second kappa shape index (κ2) is 8.89. The van der Waals surface area contributed by atoms with Gasteiger partial charge in [-0.15, -0.1) is 0 Å². The Morgan fingerprint density at radius 1 is 1.03 bits per heavy atom. The number of oxime groups is 1. The van der Waals surface area contributed by atoms with E-state index < -0.39 is 5.41 Å². The number of hydrogen-bond donors (Lipinski definition) is 2. The molecule has 176 valence electrons. The standard InChI is InChI=1S/C27H29N3O4/c1-32-22-13-12-20(25(33-2)26(22)34-3)27(18-10-5-4-6-11-18)15-14-19-21(16-27)28-29-24(19)23(30-31)17-8-7-9-17/h4-6,10-15,17,31H,7-9,16H2,1-3H3,(H,28,29)/b30-23+. The number of allylic oxidation sites excluding steroid dienone is 1. The topological polar surface area (TPSA) is 89.0 Å². The van der Waals surface area contributed by atoms with Gasteiger partial charge < -0.3 is 19.4 Å². The summed E-state index contributed by atoms with van der Waals surface area (Å²) in [5, 5.41) is 21.2. The highest BCUT2D eigenvalue weighted by molar-refractivity contribution is 6.04. The Kier molecular flexibility index (Phi) is 5.77. The Morgan fingerprint density at radius 2 is 1.79 bits per heavy atom. The Labute approximate surface area is 199 Å². The molecule has 1 heterocycles. The van der Waals surface area contributed by atoms with Gasteiger partial charge in [0.15, 0.2) is 11.5 Å². The number of aromatic amines is 1. The molecule has 2 aromatic carbocycles. The second-order valence-electron chi connectivity index (χ2n) is 8.81. The second-order valence-corrected chi connectivity index (χ2v) is 8.81. The molecule has 3 aromatic rings. The van der Waals surface area contributed by atoms with E-state index >= 15 is 0 Å². The van der Waals surface area contributed by atoms with Crippen LogP contribution in [0.1, 0.15) is 47.3 Å². The van der Waals surface area contributed by atoms with E-state index in [0.29, 0.717) is 29.4 Å². The maximum absolute atomic E-state index is 9.74. The zero-order valence-electron chi connectivity index (χ0n) is 19.7. The Bertz CT molecular complexity index is 1240. The van der Waals surface area contributed by atoms with E-state index in [-0.39, 0.29) is 5.92 Å². The van der Waals surface area contributed by atoms with Gasteiger partial charge in [-0.05, 0) is 24.5 Å². The van der Waals surface area contributed by atoms with E-state index in [1.54, 1.807) is 21.3 Å². The summed E-state index contributed by atoms with van der Waals surface area (Å²) < 4.78 is 17.1. The van der Waals surface area contributed by atoms with Crippen LogP contribution in [0, 0.1) is 5.92 Å². The summed E-state index contributed by atoms with van der Waals surface area (Å²) in [5.41, 5.74) is 4.92. The van der Waals surface area contributed by atoms with E-state index in [1.165, 1.54) is 0 Å². The number of hydrogen-bond acceptors (Lipinski definition) is 6. The molecule has 0 bridgehead atoms. The summed E-state index contributed by atoms with van der Waals surface area (Å²) in [5.74, 6) is 2.06. The number of benzene rings is 2. The van der Waals surface area contributed by atoms with Crippen LogP contribution in [0.15, 0.2) is 53.7 Å². The first-order valence-corrected chi connectivity index (χ1v) is 11.5. The molecule has 0 saturated heterocycles. The Morgan fingerprint density at radius 3 is 2.41 bits per heavy atom. The molecule has 7 nitrogen and oxygen atoms in total. The third-order valence-corrected chi connectivity index (χ3v) is 7.19. The normalized spacial score (nSPS) is 19.9.